The molecule has 144 valence electrons. The maximum absolute atomic E-state index is 14.3. The van der Waals surface area contributed by atoms with E-state index in [2.05, 4.69) is 10.3 Å². The van der Waals surface area contributed by atoms with E-state index in [1.165, 1.54) is 6.07 Å². The van der Waals surface area contributed by atoms with E-state index in [4.69, 9.17) is 10.2 Å². The predicted octanol–water partition coefficient (Wildman–Crippen LogP) is 4.58. The van der Waals surface area contributed by atoms with Crippen LogP contribution in [0, 0.1) is 5.82 Å². The van der Waals surface area contributed by atoms with Crippen LogP contribution in [0.4, 0.5) is 10.1 Å². The van der Waals surface area contributed by atoms with Crippen LogP contribution in [0.5, 0.6) is 0 Å². The van der Waals surface area contributed by atoms with Crippen LogP contribution in [0.15, 0.2) is 58.1 Å². The highest BCUT2D eigenvalue weighted by Crippen LogP contribution is 2.30. The van der Waals surface area contributed by atoms with E-state index < -0.39 is 5.82 Å². The van der Waals surface area contributed by atoms with Gasteiger partial charge in [0.25, 0.3) is 5.91 Å². The van der Waals surface area contributed by atoms with Gasteiger partial charge in [-0.05, 0) is 61.7 Å². The van der Waals surface area contributed by atoms with E-state index in [9.17, 15) is 9.18 Å². The number of amides is 1. The third-order valence-corrected chi connectivity index (χ3v) is 5.64. The fourth-order valence-electron chi connectivity index (χ4n) is 3.38. The first-order chi connectivity index (χ1) is 13.4. The Balaban J connectivity index is 1.55. The molecule has 0 aliphatic carbocycles. The number of halogens is 1. The fraction of sp³-hybridized carbons (Fsp3) is 0.238. The van der Waals surface area contributed by atoms with Crippen molar-refractivity contribution >= 4 is 39.5 Å². The van der Waals surface area contributed by atoms with Crippen LogP contribution in [0.2, 0.25) is 0 Å². The number of nitrogens with one attached hydrogen (secondary N) is 1. The largest absolute Gasteiger partial charge is 0.464 e. The smallest absolute Gasteiger partial charge is 0.255 e. The number of aliphatic imine (C=N–C) groups is 1. The zero-order valence-corrected chi connectivity index (χ0v) is 16.2. The molecule has 1 aliphatic heterocycles. The lowest BCUT2D eigenvalue weighted by Crippen LogP contribution is -2.33. The molecule has 1 amide bonds. The summed E-state index contributed by atoms with van der Waals surface area (Å²) < 4.78 is 19.6. The first-order valence-corrected chi connectivity index (χ1v) is 9.96. The van der Waals surface area contributed by atoms with E-state index in [-0.39, 0.29) is 17.1 Å². The molecule has 5 nitrogen and oxygen atoms in total. The van der Waals surface area contributed by atoms with Crippen LogP contribution in [0.3, 0.4) is 0 Å². The van der Waals surface area contributed by atoms with Crippen LogP contribution in [0.1, 0.15) is 29.3 Å². The summed E-state index contributed by atoms with van der Waals surface area (Å²) in [5.74, 6) is 0.0585. The Morgan fingerprint density at radius 2 is 2.18 bits per heavy atom. The number of fused-ring (bicyclic) bond motifs is 1. The zero-order chi connectivity index (χ0) is 19.7. The monoisotopic (exact) mass is 397 g/mol. The van der Waals surface area contributed by atoms with Crippen molar-refractivity contribution < 1.29 is 13.6 Å². The number of amidine groups is 1. The summed E-state index contributed by atoms with van der Waals surface area (Å²) in [5.41, 5.74) is 7.74. The Hall–Kier alpha value is -2.80. The van der Waals surface area contributed by atoms with Crippen molar-refractivity contribution in [2.24, 2.45) is 10.7 Å². The van der Waals surface area contributed by atoms with Gasteiger partial charge in [0, 0.05) is 16.7 Å². The molecular formula is C21H20FN3O2S. The Kier molecular flexibility index (Phi) is 4.85. The number of thioether (sulfide) groups is 1. The van der Waals surface area contributed by atoms with Gasteiger partial charge in [0.05, 0.1) is 17.5 Å². The molecule has 3 aromatic rings. The van der Waals surface area contributed by atoms with Crippen LogP contribution < -0.4 is 11.1 Å². The van der Waals surface area contributed by atoms with Gasteiger partial charge >= 0.3 is 0 Å². The summed E-state index contributed by atoms with van der Waals surface area (Å²) in [6.07, 6.45) is 3.08. The van der Waals surface area contributed by atoms with Crippen molar-refractivity contribution in [2.45, 2.75) is 25.3 Å². The van der Waals surface area contributed by atoms with Gasteiger partial charge in [-0.3, -0.25) is 9.79 Å². The van der Waals surface area contributed by atoms with E-state index >= 15 is 0 Å². The van der Waals surface area contributed by atoms with Crippen LogP contribution in [-0.4, -0.2) is 22.4 Å². The number of carbonyl (C=O) groups excluding carboxylic acids is 1. The topological polar surface area (TPSA) is 80.6 Å². The Morgan fingerprint density at radius 1 is 1.32 bits per heavy atom. The van der Waals surface area contributed by atoms with Gasteiger partial charge in [0.1, 0.15) is 11.4 Å². The van der Waals surface area contributed by atoms with E-state index in [0.29, 0.717) is 22.7 Å². The number of carbonyl (C=O) groups is 1. The maximum atomic E-state index is 14.3. The number of anilines is 1. The summed E-state index contributed by atoms with van der Waals surface area (Å²) in [5, 5.41) is 4.08. The number of furan rings is 1. The van der Waals surface area contributed by atoms with Gasteiger partial charge in [0.2, 0.25) is 0 Å². The minimum Gasteiger partial charge on any atom is -0.464 e. The SMILES string of the molecule is CC1(Cc2ccc(F)c(NC(=O)c3ccc4occc4c3)c2)CCSC(N)=N1. The number of hydrogen-bond acceptors (Lipinski definition) is 5. The summed E-state index contributed by atoms with van der Waals surface area (Å²) >= 11 is 1.55. The van der Waals surface area contributed by atoms with Crippen molar-refractivity contribution in [3.8, 4) is 0 Å². The highest BCUT2D eigenvalue weighted by atomic mass is 32.2. The maximum Gasteiger partial charge on any atom is 0.255 e. The molecule has 1 aromatic heterocycles. The lowest BCUT2D eigenvalue weighted by molar-refractivity contribution is 0.102. The van der Waals surface area contributed by atoms with Gasteiger partial charge in [-0.15, -0.1) is 0 Å². The van der Waals surface area contributed by atoms with Crippen molar-refractivity contribution in [3.05, 3.63) is 65.7 Å². The molecule has 3 N–H and O–H groups in total. The molecule has 0 saturated carbocycles. The Labute approximate surface area is 166 Å². The third-order valence-electron chi connectivity index (χ3n) is 4.85. The summed E-state index contributed by atoms with van der Waals surface area (Å²) in [7, 11) is 0. The quantitative estimate of drug-likeness (QED) is 0.675. The fourth-order valence-corrected chi connectivity index (χ4v) is 4.41. The van der Waals surface area contributed by atoms with Crippen molar-refractivity contribution in [2.75, 3.05) is 11.1 Å². The van der Waals surface area contributed by atoms with Crippen molar-refractivity contribution in [1.82, 2.24) is 0 Å². The van der Waals surface area contributed by atoms with E-state index in [0.717, 1.165) is 23.1 Å². The summed E-state index contributed by atoms with van der Waals surface area (Å²) in [6, 6.07) is 11.6. The standard InChI is InChI=1S/C21H20FN3O2S/c1-21(7-9-28-20(23)25-21)12-13-2-4-16(22)17(10-13)24-19(26)15-3-5-18-14(11-15)6-8-27-18/h2-6,8,10-11H,7,9,12H2,1H3,(H2,23,25)(H,24,26). The van der Waals surface area contributed by atoms with Gasteiger partial charge in [0.15, 0.2) is 5.17 Å². The molecule has 2 heterocycles. The molecule has 1 unspecified atom stereocenters. The molecule has 1 aliphatic rings. The third kappa shape index (κ3) is 3.89. The van der Waals surface area contributed by atoms with Crippen molar-refractivity contribution in [3.63, 3.8) is 0 Å². The Bertz CT molecular complexity index is 1080. The minimum absolute atomic E-state index is 0.153. The summed E-state index contributed by atoms with van der Waals surface area (Å²) in [4.78, 5) is 17.2. The van der Waals surface area contributed by atoms with Crippen molar-refractivity contribution in [1.29, 1.82) is 0 Å². The number of benzene rings is 2. The normalized spacial score (nSPS) is 19.4. The molecule has 0 radical (unpaired) electrons. The number of hydrogen-bond donors (Lipinski definition) is 2. The molecule has 0 spiro atoms. The van der Waals surface area contributed by atoms with Gasteiger partial charge in [-0.1, -0.05) is 17.8 Å². The second kappa shape index (κ2) is 7.31. The molecule has 7 heteroatoms. The highest BCUT2D eigenvalue weighted by molar-refractivity contribution is 8.13. The van der Waals surface area contributed by atoms with Crippen LogP contribution >= 0.6 is 11.8 Å². The van der Waals surface area contributed by atoms with Crippen LogP contribution in [-0.2, 0) is 6.42 Å². The number of rotatable bonds is 4. The average Bonchev–Trinajstić information content (AvgIpc) is 3.11. The molecule has 2 aromatic carbocycles. The van der Waals surface area contributed by atoms with Gasteiger partial charge < -0.3 is 15.5 Å². The lowest BCUT2D eigenvalue weighted by Gasteiger charge is -2.29. The Morgan fingerprint density at radius 3 is 3.00 bits per heavy atom. The molecule has 0 bridgehead atoms. The molecule has 0 saturated heterocycles. The minimum atomic E-state index is -0.478. The first kappa shape index (κ1) is 18.6. The molecular weight excluding hydrogens is 377 g/mol. The van der Waals surface area contributed by atoms with Gasteiger partial charge in [-0.25, -0.2) is 4.39 Å². The molecule has 0 fully saturated rings. The first-order valence-electron chi connectivity index (χ1n) is 8.97. The second-order valence-electron chi connectivity index (χ2n) is 7.16. The number of nitrogens with zero attached hydrogens (tertiary/aromatic N) is 1. The summed E-state index contributed by atoms with van der Waals surface area (Å²) in [6.45, 7) is 2.04. The zero-order valence-electron chi connectivity index (χ0n) is 15.4. The van der Waals surface area contributed by atoms with Crippen LogP contribution in [0.25, 0.3) is 11.0 Å². The van der Waals surface area contributed by atoms with E-state index in [1.54, 1.807) is 54.4 Å². The molecule has 28 heavy (non-hydrogen) atoms. The second-order valence-corrected chi connectivity index (χ2v) is 8.28. The average molecular weight is 397 g/mol. The number of nitrogens with two attached hydrogens (primary N) is 1. The van der Waals surface area contributed by atoms with Gasteiger partial charge in [-0.2, -0.15) is 0 Å². The lowest BCUT2D eigenvalue weighted by atomic mass is 9.90. The van der Waals surface area contributed by atoms with E-state index in [1.807, 2.05) is 6.92 Å². The molecule has 4 rings (SSSR count). The highest BCUT2D eigenvalue weighted by Gasteiger charge is 2.28. The predicted molar refractivity (Wildman–Crippen MR) is 111 cm³/mol. The molecule has 1 atom stereocenters.